The number of likely N-dealkylation sites (tertiary alicyclic amines) is 1. The highest BCUT2D eigenvalue weighted by atomic mass is 35.5. The Kier molecular flexibility index (Phi) is 7.01. The van der Waals surface area contributed by atoms with Crippen LogP contribution in [0.1, 0.15) is 25.3 Å². The second-order valence-corrected chi connectivity index (χ2v) is 9.21. The average molecular weight is 443 g/mol. The number of hydrogen-bond donors (Lipinski definition) is 2. The van der Waals surface area contributed by atoms with Crippen LogP contribution >= 0.6 is 11.6 Å². The molecule has 0 radical (unpaired) electrons. The predicted molar refractivity (Wildman–Crippen MR) is 98.7 cm³/mol. The lowest BCUT2D eigenvalue weighted by atomic mass is 10.0. The number of hydrogen-bond acceptors (Lipinski definition) is 3. The molecule has 1 atom stereocenters. The van der Waals surface area contributed by atoms with Crippen molar-refractivity contribution in [3.05, 3.63) is 28.8 Å². The fraction of sp³-hybridized carbons (Fsp3) is 0.588. The Balaban J connectivity index is 2.16. The van der Waals surface area contributed by atoms with Gasteiger partial charge in [-0.1, -0.05) is 11.6 Å². The summed E-state index contributed by atoms with van der Waals surface area (Å²) in [4.78, 5) is 14.8. The molecule has 1 amide bonds. The number of nitrogens with zero attached hydrogens (tertiary/aromatic N) is 1. The van der Waals surface area contributed by atoms with Gasteiger partial charge in [0.15, 0.2) is 0 Å². The highest BCUT2D eigenvalue weighted by Crippen LogP contribution is 2.33. The van der Waals surface area contributed by atoms with E-state index < -0.39 is 38.6 Å². The molecule has 0 saturated carbocycles. The van der Waals surface area contributed by atoms with Crippen molar-refractivity contribution in [1.29, 1.82) is 0 Å². The Morgan fingerprint density at radius 2 is 1.89 bits per heavy atom. The largest absolute Gasteiger partial charge is 0.416 e. The molecule has 1 aromatic rings. The molecule has 0 bridgehead atoms. The molecule has 2 N–H and O–H groups in total. The topological polar surface area (TPSA) is 70.9 Å². The number of benzene rings is 1. The van der Waals surface area contributed by atoms with Gasteiger partial charge in [-0.2, -0.15) is 17.9 Å². The highest BCUT2D eigenvalue weighted by Gasteiger charge is 2.34. The number of amides is 1. The summed E-state index contributed by atoms with van der Waals surface area (Å²) in [6.45, 7) is 3.17. The summed E-state index contributed by atoms with van der Waals surface area (Å²) in [5.74, 6) is -0.448. The van der Waals surface area contributed by atoms with Crippen molar-refractivity contribution < 1.29 is 31.3 Å². The lowest BCUT2D eigenvalue weighted by Crippen LogP contribution is -3.10. The third-order valence-electron chi connectivity index (χ3n) is 4.95. The number of sulfonamides is 1. The van der Waals surface area contributed by atoms with Crippen LogP contribution in [-0.2, 0) is 21.0 Å². The van der Waals surface area contributed by atoms with E-state index >= 15 is 0 Å². The minimum absolute atomic E-state index is 0.000277. The minimum Gasteiger partial charge on any atom is -0.341 e. The lowest BCUT2D eigenvalue weighted by Gasteiger charge is -2.34. The first-order valence-corrected chi connectivity index (χ1v) is 10.7. The molecule has 6 nitrogen and oxygen atoms in total. The standard InChI is InChI=1S/C17H23ClF3N3O3S/c1-11(16(25)24(3)13-6-8-23(2)9-7-13)22-28(26,27)15-10-12(17(19,20)21)4-5-14(15)18/h4-5,10-11,13,22H,6-9H2,1-3H3/p+1/t11-/m0/s1. The van der Waals surface area contributed by atoms with E-state index in [-0.39, 0.29) is 11.1 Å². The van der Waals surface area contributed by atoms with Gasteiger partial charge in [0.2, 0.25) is 15.9 Å². The molecular formula is C17H24ClF3N3O3S+. The maximum atomic E-state index is 12.9. The van der Waals surface area contributed by atoms with Crippen LogP contribution in [-0.4, -0.2) is 58.5 Å². The maximum Gasteiger partial charge on any atom is 0.416 e. The van der Waals surface area contributed by atoms with Gasteiger partial charge in [0.1, 0.15) is 4.90 Å². The molecule has 0 unspecified atom stereocenters. The zero-order valence-electron chi connectivity index (χ0n) is 15.8. The molecule has 1 saturated heterocycles. The molecule has 1 aliphatic rings. The summed E-state index contributed by atoms with van der Waals surface area (Å²) in [5, 5.41) is -0.355. The van der Waals surface area contributed by atoms with Gasteiger partial charge in [0, 0.05) is 25.9 Å². The fourth-order valence-corrected chi connectivity index (χ4v) is 4.92. The number of piperidine rings is 1. The molecule has 11 heteroatoms. The van der Waals surface area contributed by atoms with Gasteiger partial charge in [-0.05, 0) is 25.1 Å². The number of carbonyl (C=O) groups excluding carboxylic acids is 1. The lowest BCUT2D eigenvalue weighted by molar-refractivity contribution is -0.885. The van der Waals surface area contributed by atoms with Crippen molar-refractivity contribution in [3.8, 4) is 0 Å². The van der Waals surface area contributed by atoms with Gasteiger partial charge in [-0.3, -0.25) is 4.79 Å². The second-order valence-electron chi connectivity index (χ2n) is 7.12. The second kappa shape index (κ2) is 8.56. The van der Waals surface area contributed by atoms with E-state index in [2.05, 4.69) is 11.8 Å². The van der Waals surface area contributed by atoms with Crippen LogP contribution < -0.4 is 9.62 Å². The molecule has 2 rings (SSSR count). The first kappa shape index (κ1) is 22.9. The number of quaternary nitrogens is 1. The quantitative estimate of drug-likeness (QED) is 0.719. The van der Waals surface area contributed by atoms with Crippen molar-refractivity contribution in [2.75, 3.05) is 27.2 Å². The first-order valence-electron chi connectivity index (χ1n) is 8.80. The summed E-state index contributed by atoms with van der Waals surface area (Å²) in [6.07, 6.45) is -3.12. The highest BCUT2D eigenvalue weighted by molar-refractivity contribution is 7.89. The van der Waals surface area contributed by atoms with Crippen molar-refractivity contribution in [1.82, 2.24) is 9.62 Å². The molecule has 0 aromatic heterocycles. The number of likely N-dealkylation sites (N-methyl/N-ethyl adjacent to an activating group) is 1. The van der Waals surface area contributed by atoms with Gasteiger partial charge < -0.3 is 9.80 Å². The van der Waals surface area contributed by atoms with E-state index in [1.54, 1.807) is 7.05 Å². The third-order valence-corrected chi connectivity index (χ3v) is 6.98. The zero-order chi connectivity index (χ0) is 21.3. The van der Waals surface area contributed by atoms with E-state index in [0.29, 0.717) is 12.1 Å². The van der Waals surface area contributed by atoms with Crippen LogP contribution in [0.25, 0.3) is 0 Å². The van der Waals surface area contributed by atoms with E-state index in [1.807, 2.05) is 0 Å². The van der Waals surface area contributed by atoms with Crippen molar-refractivity contribution in [2.24, 2.45) is 0 Å². The summed E-state index contributed by atoms with van der Waals surface area (Å²) < 4.78 is 65.9. The van der Waals surface area contributed by atoms with Gasteiger partial charge in [-0.25, -0.2) is 8.42 Å². The molecule has 1 fully saturated rings. The molecule has 0 spiro atoms. The summed E-state index contributed by atoms with van der Waals surface area (Å²) in [7, 11) is -0.755. The Bertz CT molecular complexity index is 825. The van der Waals surface area contributed by atoms with Crippen LogP contribution in [0.4, 0.5) is 13.2 Å². The van der Waals surface area contributed by atoms with E-state index in [1.165, 1.54) is 16.7 Å². The van der Waals surface area contributed by atoms with Crippen LogP contribution in [0.15, 0.2) is 23.1 Å². The zero-order valence-corrected chi connectivity index (χ0v) is 17.4. The maximum absolute atomic E-state index is 12.9. The molecule has 158 valence electrons. The van der Waals surface area contributed by atoms with E-state index in [0.717, 1.165) is 32.0 Å². The van der Waals surface area contributed by atoms with Gasteiger partial charge in [0.05, 0.1) is 36.8 Å². The molecular weight excluding hydrogens is 419 g/mol. The smallest absolute Gasteiger partial charge is 0.341 e. The van der Waals surface area contributed by atoms with Crippen molar-refractivity contribution in [3.63, 3.8) is 0 Å². The Morgan fingerprint density at radius 3 is 2.43 bits per heavy atom. The summed E-state index contributed by atoms with van der Waals surface area (Å²) in [6, 6.07) is 0.892. The van der Waals surface area contributed by atoms with Crippen LogP contribution in [0, 0.1) is 0 Å². The van der Waals surface area contributed by atoms with Crippen molar-refractivity contribution >= 4 is 27.5 Å². The molecule has 0 aliphatic carbocycles. The minimum atomic E-state index is -4.72. The Hall–Kier alpha value is -1.36. The fourth-order valence-electron chi connectivity index (χ4n) is 3.20. The van der Waals surface area contributed by atoms with Gasteiger partial charge in [0.25, 0.3) is 0 Å². The number of rotatable bonds is 5. The van der Waals surface area contributed by atoms with Crippen LogP contribution in [0.2, 0.25) is 5.02 Å². The van der Waals surface area contributed by atoms with Crippen molar-refractivity contribution in [2.45, 2.75) is 42.9 Å². The third kappa shape index (κ3) is 5.37. The van der Waals surface area contributed by atoms with E-state index in [9.17, 15) is 26.4 Å². The molecule has 28 heavy (non-hydrogen) atoms. The monoisotopic (exact) mass is 442 g/mol. The summed E-state index contributed by atoms with van der Waals surface area (Å²) in [5.41, 5.74) is -1.14. The number of nitrogens with one attached hydrogen (secondary N) is 2. The normalized spacial score (nSPS) is 22.0. The number of halogens is 4. The van der Waals surface area contributed by atoms with Gasteiger partial charge >= 0.3 is 6.18 Å². The van der Waals surface area contributed by atoms with Crippen LogP contribution in [0.3, 0.4) is 0 Å². The summed E-state index contributed by atoms with van der Waals surface area (Å²) >= 11 is 5.81. The Morgan fingerprint density at radius 1 is 1.32 bits per heavy atom. The molecule has 1 heterocycles. The van der Waals surface area contributed by atoms with Crippen LogP contribution in [0.5, 0.6) is 0 Å². The van der Waals surface area contributed by atoms with E-state index in [4.69, 9.17) is 11.6 Å². The number of carbonyl (C=O) groups is 1. The number of alkyl halides is 3. The average Bonchev–Trinajstić information content (AvgIpc) is 2.59. The Labute approximate surface area is 167 Å². The van der Waals surface area contributed by atoms with Gasteiger partial charge in [-0.15, -0.1) is 0 Å². The molecule has 1 aromatic carbocycles. The first-order chi connectivity index (χ1) is 12.8. The SMILES string of the molecule is C[C@H](NS(=O)(=O)c1cc(C(F)(F)F)ccc1Cl)C(=O)N(C)C1CC[NH+](C)CC1. The molecule has 1 aliphatic heterocycles. The predicted octanol–water partition coefficient (Wildman–Crippen LogP) is 1.16.